The van der Waals surface area contributed by atoms with Gasteiger partial charge in [0.05, 0.1) is 0 Å². The van der Waals surface area contributed by atoms with E-state index in [0.717, 1.165) is 45.4 Å². The molecule has 3 heterocycles. The van der Waals surface area contributed by atoms with Crippen LogP contribution in [0.2, 0.25) is 0 Å². The van der Waals surface area contributed by atoms with Crippen LogP contribution in [0, 0.1) is 0 Å². The predicted molar refractivity (Wildman–Crippen MR) is 69.4 cm³/mol. The first-order valence-electron chi connectivity index (χ1n) is 7.52. The molecule has 3 atom stereocenters. The first kappa shape index (κ1) is 12.4. The van der Waals surface area contributed by atoms with Gasteiger partial charge in [0.25, 0.3) is 5.91 Å². The van der Waals surface area contributed by atoms with E-state index in [2.05, 4.69) is 10.2 Å². The van der Waals surface area contributed by atoms with Crippen LogP contribution < -0.4 is 5.32 Å². The lowest BCUT2D eigenvalue weighted by atomic mass is 9.94. The maximum atomic E-state index is 12.5. The van der Waals surface area contributed by atoms with Crippen molar-refractivity contribution in [2.75, 3.05) is 19.7 Å². The molecule has 0 aromatic carbocycles. The number of carbonyl (C=O) groups is 1. The first-order chi connectivity index (χ1) is 8.86. The fourth-order valence-corrected chi connectivity index (χ4v) is 3.65. The zero-order valence-corrected chi connectivity index (χ0v) is 11.1. The van der Waals surface area contributed by atoms with Gasteiger partial charge in [-0.05, 0) is 51.5 Å². The third-order valence-corrected chi connectivity index (χ3v) is 4.60. The molecule has 0 spiro atoms. The SMILES string of the molecule is O=C([C@@H]1CCCO1)N1CCCCC1C1CCCN1. The van der Waals surface area contributed by atoms with Crippen molar-refractivity contribution in [3.63, 3.8) is 0 Å². The zero-order chi connectivity index (χ0) is 12.4. The standard InChI is InChI=1S/C14H24N2O2/c17-14(13-7-4-10-18-13)16-9-2-1-6-12(16)11-5-3-8-15-11/h11-13,15H,1-10H2/t11?,12?,13-/m0/s1. The van der Waals surface area contributed by atoms with E-state index in [1.165, 1.54) is 19.3 Å². The lowest BCUT2D eigenvalue weighted by Crippen LogP contribution is -2.55. The highest BCUT2D eigenvalue weighted by molar-refractivity contribution is 5.81. The number of ether oxygens (including phenoxy) is 1. The van der Waals surface area contributed by atoms with Crippen molar-refractivity contribution in [1.82, 2.24) is 10.2 Å². The third kappa shape index (κ3) is 2.41. The Hall–Kier alpha value is -0.610. The number of amides is 1. The summed E-state index contributed by atoms with van der Waals surface area (Å²) in [6.45, 7) is 2.81. The normalized spacial score (nSPS) is 37.1. The van der Waals surface area contributed by atoms with Gasteiger partial charge in [-0.1, -0.05) is 0 Å². The summed E-state index contributed by atoms with van der Waals surface area (Å²) in [7, 11) is 0. The summed E-state index contributed by atoms with van der Waals surface area (Å²) in [6.07, 6.45) is 7.86. The second-order valence-corrected chi connectivity index (χ2v) is 5.80. The number of rotatable bonds is 2. The van der Waals surface area contributed by atoms with E-state index in [9.17, 15) is 4.79 Å². The fraction of sp³-hybridized carbons (Fsp3) is 0.929. The molecule has 2 unspecified atom stereocenters. The molecule has 4 heteroatoms. The molecular formula is C14H24N2O2. The van der Waals surface area contributed by atoms with Gasteiger partial charge in [-0.3, -0.25) is 4.79 Å². The van der Waals surface area contributed by atoms with E-state index < -0.39 is 0 Å². The van der Waals surface area contributed by atoms with Gasteiger partial charge in [0, 0.05) is 25.2 Å². The van der Waals surface area contributed by atoms with Gasteiger partial charge in [-0.25, -0.2) is 0 Å². The first-order valence-corrected chi connectivity index (χ1v) is 7.52. The lowest BCUT2D eigenvalue weighted by Gasteiger charge is -2.40. The molecule has 1 amide bonds. The quantitative estimate of drug-likeness (QED) is 0.805. The van der Waals surface area contributed by atoms with Gasteiger partial charge in [-0.2, -0.15) is 0 Å². The third-order valence-electron chi connectivity index (χ3n) is 4.60. The topological polar surface area (TPSA) is 41.6 Å². The van der Waals surface area contributed by atoms with E-state index in [-0.39, 0.29) is 12.0 Å². The van der Waals surface area contributed by atoms with Gasteiger partial charge in [0.1, 0.15) is 6.10 Å². The van der Waals surface area contributed by atoms with Crippen molar-refractivity contribution in [1.29, 1.82) is 0 Å². The van der Waals surface area contributed by atoms with Crippen LogP contribution in [0.5, 0.6) is 0 Å². The molecule has 18 heavy (non-hydrogen) atoms. The van der Waals surface area contributed by atoms with Crippen LogP contribution in [-0.4, -0.2) is 48.7 Å². The predicted octanol–water partition coefficient (Wildman–Crippen LogP) is 1.30. The van der Waals surface area contributed by atoms with Gasteiger partial charge in [0.15, 0.2) is 0 Å². The number of hydrogen-bond acceptors (Lipinski definition) is 3. The number of carbonyl (C=O) groups excluding carboxylic acids is 1. The van der Waals surface area contributed by atoms with Gasteiger partial charge in [0.2, 0.25) is 0 Å². The van der Waals surface area contributed by atoms with Gasteiger partial charge < -0.3 is 15.0 Å². The Bertz CT molecular complexity index is 296. The van der Waals surface area contributed by atoms with Gasteiger partial charge >= 0.3 is 0 Å². The highest BCUT2D eigenvalue weighted by atomic mass is 16.5. The Morgan fingerprint density at radius 1 is 1.11 bits per heavy atom. The van der Waals surface area contributed by atoms with Crippen molar-refractivity contribution < 1.29 is 9.53 Å². The van der Waals surface area contributed by atoms with Crippen molar-refractivity contribution in [2.24, 2.45) is 0 Å². The summed E-state index contributed by atoms with van der Waals surface area (Å²) in [5.74, 6) is 0.255. The monoisotopic (exact) mass is 252 g/mol. The zero-order valence-electron chi connectivity index (χ0n) is 11.1. The van der Waals surface area contributed by atoms with Crippen molar-refractivity contribution >= 4 is 5.91 Å². The van der Waals surface area contributed by atoms with Crippen LogP contribution in [0.1, 0.15) is 44.9 Å². The molecular weight excluding hydrogens is 228 g/mol. The molecule has 0 saturated carbocycles. The Kier molecular flexibility index (Phi) is 3.85. The molecule has 3 fully saturated rings. The molecule has 3 saturated heterocycles. The smallest absolute Gasteiger partial charge is 0.252 e. The molecule has 0 aromatic rings. The average molecular weight is 252 g/mol. The van der Waals surface area contributed by atoms with E-state index >= 15 is 0 Å². The Balaban J connectivity index is 1.68. The highest BCUT2D eigenvalue weighted by Crippen LogP contribution is 2.26. The van der Waals surface area contributed by atoms with Crippen molar-refractivity contribution in [3.05, 3.63) is 0 Å². The van der Waals surface area contributed by atoms with Crippen LogP contribution in [0.3, 0.4) is 0 Å². The second kappa shape index (κ2) is 5.57. The molecule has 1 N–H and O–H groups in total. The van der Waals surface area contributed by atoms with Crippen LogP contribution in [-0.2, 0) is 9.53 Å². The van der Waals surface area contributed by atoms with Crippen LogP contribution in [0.25, 0.3) is 0 Å². The lowest BCUT2D eigenvalue weighted by molar-refractivity contribution is -0.145. The largest absolute Gasteiger partial charge is 0.368 e. The summed E-state index contributed by atoms with van der Waals surface area (Å²) in [5.41, 5.74) is 0. The number of piperidine rings is 1. The van der Waals surface area contributed by atoms with Crippen LogP contribution >= 0.6 is 0 Å². The molecule has 102 valence electrons. The summed E-state index contributed by atoms with van der Waals surface area (Å²) in [6, 6.07) is 0.939. The Morgan fingerprint density at radius 2 is 2.06 bits per heavy atom. The van der Waals surface area contributed by atoms with Crippen molar-refractivity contribution in [2.45, 2.75) is 63.1 Å². The average Bonchev–Trinajstić information content (AvgIpc) is 3.11. The summed E-state index contributed by atoms with van der Waals surface area (Å²) >= 11 is 0. The Morgan fingerprint density at radius 3 is 2.78 bits per heavy atom. The minimum atomic E-state index is -0.146. The molecule has 3 aliphatic heterocycles. The van der Waals surface area contributed by atoms with E-state index in [1.54, 1.807) is 0 Å². The molecule has 3 aliphatic rings. The number of hydrogen-bond donors (Lipinski definition) is 1. The fourth-order valence-electron chi connectivity index (χ4n) is 3.65. The van der Waals surface area contributed by atoms with Crippen molar-refractivity contribution in [3.8, 4) is 0 Å². The molecule has 0 aromatic heterocycles. The summed E-state index contributed by atoms with van der Waals surface area (Å²) in [4.78, 5) is 14.7. The van der Waals surface area contributed by atoms with E-state index in [1.807, 2.05) is 0 Å². The highest BCUT2D eigenvalue weighted by Gasteiger charge is 2.37. The Labute approximate surface area is 109 Å². The minimum absolute atomic E-state index is 0.146. The van der Waals surface area contributed by atoms with E-state index in [4.69, 9.17) is 4.74 Å². The molecule has 3 rings (SSSR count). The van der Waals surface area contributed by atoms with Gasteiger partial charge in [-0.15, -0.1) is 0 Å². The van der Waals surface area contributed by atoms with Crippen LogP contribution in [0.4, 0.5) is 0 Å². The molecule has 4 nitrogen and oxygen atoms in total. The maximum Gasteiger partial charge on any atom is 0.252 e. The maximum absolute atomic E-state index is 12.5. The number of likely N-dealkylation sites (tertiary alicyclic amines) is 1. The summed E-state index contributed by atoms with van der Waals surface area (Å²) < 4.78 is 5.57. The van der Waals surface area contributed by atoms with E-state index in [0.29, 0.717) is 12.1 Å². The second-order valence-electron chi connectivity index (χ2n) is 5.80. The molecule has 0 radical (unpaired) electrons. The minimum Gasteiger partial charge on any atom is -0.368 e. The number of nitrogens with one attached hydrogen (secondary N) is 1. The number of nitrogens with zero attached hydrogens (tertiary/aromatic N) is 1. The molecule has 0 bridgehead atoms. The molecule has 0 aliphatic carbocycles. The summed E-state index contributed by atoms with van der Waals surface area (Å²) in [5, 5.41) is 3.57. The van der Waals surface area contributed by atoms with Crippen LogP contribution in [0.15, 0.2) is 0 Å².